The summed E-state index contributed by atoms with van der Waals surface area (Å²) in [5, 5.41) is 7.57. The van der Waals surface area contributed by atoms with Crippen molar-refractivity contribution in [3.8, 4) is 0 Å². The first-order valence-electron chi connectivity index (χ1n) is 6.90. The van der Waals surface area contributed by atoms with Crippen LogP contribution in [0.5, 0.6) is 0 Å². The zero-order chi connectivity index (χ0) is 15.9. The van der Waals surface area contributed by atoms with Gasteiger partial charge in [-0.2, -0.15) is 0 Å². The minimum atomic E-state index is -0.677. The van der Waals surface area contributed by atoms with Gasteiger partial charge in [0, 0.05) is 28.9 Å². The molecule has 3 aromatic rings. The smallest absolute Gasteiger partial charge is 0.152 e. The lowest BCUT2D eigenvalue weighted by Gasteiger charge is -2.17. The highest BCUT2D eigenvalue weighted by Gasteiger charge is 2.18. The molecule has 1 N–H and O–H groups in total. The van der Waals surface area contributed by atoms with E-state index >= 15 is 0 Å². The molecular formula is C16H15F2N3O. The topological polar surface area (TPSA) is 51.0 Å². The molecule has 114 valence electrons. The number of nitrogens with one attached hydrogen (secondary N) is 1. The van der Waals surface area contributed by atoms with Gasteiger partial charge in [0.2, 0.25) is 0 Å². The Labute approximate surface area is 126 Å². The molecule has 0 aliphatic heterocycles. The normalized spacial score (nSPS) is 12.6. The molecule has 0 spiro atoms. The maximum atomic E-state index is 13.8. The van der Waals surface area contributed by atoms with Crippen molar-refractivity contribution in [3.05, 3.63) is 53.0 Å². The Morgan fingerprint density at radius 2 is 2.00 bits per heavy atom. The van der Waals surface area contributed by atoms with Crippen molar-refractivity contribution in [2.24, 2.45) is 0 Å². The molecule has 2 heterocycles. The summed E-state index contributed by atoms with van der Waals surface area (Å²) in [6.45, 7) is 5.62. The molecule has 1 aromatic carbocycles. The summed E-state index contributed by atoms with van der Waals surface area (Å²) in [6, 6.07) is 3.67. The van der Waals surface area contributed by atoms with Crippen LogP contribution in [0, 0.1) is 25.5 Å². The zero-order valence-corrected chi connectivity index (χ0v) is 12.4. The highest BCUT2D eigenvalue weighted by molar-refractivity contribution is 5.91. The molecule has 0 saturated heterocycles. The van der Waals surface area contributed by atoms with Gasteiger partial charge in [0.25, 0.3) is 0 Å². The maximum Gasteiger partial charge on any atom is 0.152 e. The standard InChI is InChI=1S/C16H15F2N3O/c1-8(15-9(2)21-22-10(15)3)20-14-4-5-19-16-12(14)6-11(17)7-13(16)18/h4-8H,1-3H3,(H,19,20). The van der Waals surface area contributed by atoms with Gasteiger partial charge in [0.05, 0.1) is 11.7 Å². The van der Waals surface area contributed by atoms with Crippen molar-refractivity contribution in [1.29, 1.82) is 0 Å². The van der Waals surface area contributed by atoms with Gasteiger partial charge in [-0.3, -0.25) is 4.98 Å². The van der Waals surface area contributed by atoms with Gasteiger partial charge in [-0.25, -0.2) is 8.78 Å². The number of anilines is 1. The van der Waals surface area contributed by atoms with Crippen molar-refractivity contribution in [3.63, 3.8) is 0 Å². The molecule has 3 rings (SSSR count). The van der Waals surface area contributed by atoms with E-state index in [1.165, 1.54) is 12.3 Å². The molecule has 4 nitrogen and oxygen atoms in total. The SMILES string of the molecule is Cc1noc(C)c1C(C)Nc1ccnc2c(F)cc(F)cc12. The molecule has 0 radical (unpaired) electrons. The average Bonchev–Trinajstić information content (AvgIpc) is 2.79. The van der Waals surface area contributed by atoms with E-state index in [-0.39, 0.29) is 11.6 Å². The van der Waals surface area contributed by atoms with Crippen LogP contribution in [0.4, 0.5) is 14.5 Å². The molecule has 22 heavy (non-hydrogen) atoms. The molecule has 0 fully saturated rings. The molecule has 0 bridgehead atoms. The highest BCUT2D eigenvalue weighted by atomic mass is 19.1. The summed E-state index contributed by atoms with van der Waals surface area (Å²) in [5.41, 5.74) is 2.46. The minimum Gasteiger partial charge on any atom is -0.378 e. The fourth-order valence-electron chi connectivity index (χ4n) is 2.72. The number of fused-ring (bicyclic) bond motifs is 1. The third kappa shape index (κ3) is 2.41. The van der Waals surface area contributed by atoms with Crippen LogP contribution in [0.3, 0.4) is 0 Å². The Bertz CT molecular complexity index is 825. The first kappa shape index (κ1) is 14.4. The quantitative estimate of drug-likeness (QED) is 0.784. The van der Waals surface area contributed by atoms with Crippen LogP contribution in [0.2, 0.25) is 0 Å². The molecule has 6 heteroatoms. The third-order valence-corrected chi connectivity index (χ3v) is 3.66. The molecule has 1 atom stereocenters. The Morgan fingerprint density at radius 1 is 1.23 bits per heavy atom. The second-order valence-electron chi connectivity index (χ2n) is 5.25. The van der Waals surface area contributed by atoms with E-state index in [0.717, 1.165) is 17.3 Å². The van der Waals surface area contributed by atoms with Crippen LogP contribution in [-0.2, 0) is 0 Å². The van der Waals surface area contributed by atoms with Crippen LogP contribution < -0.4 is 5.32 Å². The number of aryl methyl sites for hydroxylation is 2. The van der Waals surface area contributed by atoms with Crippen molar-refractivity contribution in [2.45, 2.75) is 26.8 Å². The Balaban J connectivity index is 2.04. The first-order valence-corrected chi connectivity index (χ1v) is 6.90. The number of pyridine rings is 1. The van der Waals surface area contributed by atoms with Gasteiger partial charge in [0.1, 0.15) is 17.1 Å². The van der Waals surface area contributed by atoms with Gasteiger partial charge < -0.3 is 9.84 Å². The second kappa shape index (κ2) is 5.36. The molecule has 1 unspecified atom stereocenters. The molecule has 0 aliphatic carbocycles. The van der Waals surface area contributed by atoms with Crippen molar-refractivity contribution >= 4 is 16.6 Å². The number of benzene rings is 1. The van der Waals surface area contributed by atoms with Crippen LogP contribution >= 0.6 is 0 Å². The largest absolute Gasteiger partial charge is 0.378 e. The number of hydrogen-bond donors (Lipinski definition) is 1. The van der Waals surface area contributed by atoms with E-state index in [1.807, 2.05) is 20.8 Å². The van der Waals surface area contributed by atoms with E-state index in [1.54, 1.807) is 6.07 Å². The fourth-order valence-corrected chi connectivity index (χ4v) is 2.72. The Morgan fingerprint density at radius 3 is 2.68 bits per heavy atom. The lowest BCUT2D eigenvalue weighted by Crippen LogP contribution is -2.09. The number of rotatable bonds is 3. The van der Waals surface area contributed by atoms with E-state index in [2.05, 4.69) is 15.5 Å². The lowest BCUT2D eigenvalue weighted by atomic mass is 10.1. The summed E-state index contributed by atoms with van der Waals surface area (Å²) < 4.78 is 32.5. The van der Waals surface area contributed by atoms with Crippen LogP contribution in [-0.4, -0.2) is 10.1 Å². The van der Waals surface area contributed by atoms with Crippen LogP contribution in [0.25, 0.3) is 10.9 Å². The molecule has 2 aromatic heterocycles. The third-order valence-electron chi connectivity index (χ3n) is 3.66. The van der Waals surface area contributed by atoms with E-state index in [9.17, 15) is 8.78 Å². The zero-order valence-electron chi connectivity index (χ0n) is 12.4. The number of halogens is 2. The van der Waals surface area contributed by atoms with Gasteiger partial charge in [-0.05, 0) is 32.9 Å². The van der Waals surface area contributed by atoms with Crippen molar-refractivity contribution < 1.29 is 13.3 Å². The van der Waals surface area contributed by atoms with Crippen LogP contribution in [0.15, 0.2) is 28.9 Å². The second-order valence-corrected chi connectivity index (χ2v) is 5.25. The van der Waals surface area contributed by atoms with Gasteiger partial charge in [-0.1, -0.05) is 5.16 Å². The number of hydrogen-bond acceptors (Lipinski definition) is 4. The molecule has 0 aliphatic rings. The van der Waals surface area contributed by atoms with E-state index in [0.29, 0.717) is 16.8 Å². The van der Waals surface area contributed by atoms with E-state index < -0.39 is 11.6 Å². The lowest BCUT2D eigenvalue weighted by molar-refractivity contribution is 0.392. The predicted molar refractivity (Wildman–Crippen MR) is 79.7 cm³/mol. The number of aromatic nitrogens is 2. The van der Waals surface area contributed by atoms with Crippen molar-refractivity contribution in [2.75, 3.05) is 5.32 Å². The Hall–Kier alpha value is -2.50. The predicted octanol–water partition coefficient (Wildman–Crippen LogP) is 4.29. The van der Waals surface area contributed by atoms with Gasteiger partial charge in [0.15, 0.2) is 5.82 Å². The fraction of sp³-hybridized carbons (Fsp3) is 0.250. The first-order chi connectivity index (χ1) is 10.5. The number of nitrogens with zero attached hydrogens (tertiary/aromatic N) is 2. The monoisotopic (exact) mass is 303 g/mol. The van der Waals surface area contributed by atoms with E-state index in [4.69, 9.17) is 4.52 Å². The molecule has 0 saturated carbocycles. The molecular weight excluding hydrogens is 288 g/mol. The Kier molecular flexibility index (Phi) is 3.52. The molecule has 0 amide bonds. The summed E-state index contributed by atoms with van der Waals surface area (Å²) in [7, 11) is 0. The van der Waals surface area contributed by atoms with Gasteiger partial charge >= 0.3 is 0 Å². The highest BCUT2D eigenvalue weighted by Crippen LogP contribution is 2.30. The summed E-state index contributed by atoms with van der Waals surface area (Å²) in [4.78, 5) is 3.98. The average molecular weight is 303 g/mol. The van der Waals surface area contributed by atoms with Gasteiger partial charge in [-0.15, -0.1) is 0 Å². The van der Waals surface area contributed by atoms with Crippen LogP contribution in [0.1, 0.15) is 30.0 Å². The summed E-state index contributed by atoms with van der Waals surface area (Å²) in [5.74, 6) is -0.595. The maximum absolute atomic E-state index is 13.8. The minimum absolute atomic E-state index is 0.122. The summed E-state index contributed by atoms with van der Waals surface area (Å²) >= 11 is 0. The van der Waals surface area contributed by atoms with Crippen molar-refractivity contribution in [1.82, 2.24) is 10.1 Å². The summed E-state index contributed by atoms with van der Waals surface area (Å²) in [6.07, 6.45) is 1.49.